The van der Waals surface area contributed by atoms with Gasteiger partial charge in [-0.15, -0.1) is 0 Å². The molecule has 124 valence electrons. The average molecular weight is 317 g/mol. The first-order valence-corrected chi connectivity index (χ1v) is 8.18. The zero-order chi connectivity index (χ0) is 16.2. The van der Waals surface area contributed by atoms with E-state index in [1.54, 1.807) is 20.5 Å². The summed E-state index contributed by atoms with van der Waals surface area (Å²) in [6.45, 7) is 4.29. The third-order valence-corrected chi connectivity index (χ3v) is 5.37. The van der Waals surface area contributed by atoms with Gasteiger partial charge in [0.15, 0.2) is 0 Å². The van der Waals surface area contributed by atoms with E-state index in [9.17, 15) is 0 Å². The Morgan fingerprint density at radius 1 is 1.26 bits per heavy atom. The lowest BCUT2D eigenvalue weighted by Gasteiger charge is -2.51. The van der Waals surface area contributed by atoms with E-state index in [2.05, 4.69) is 13.8 Å². The van der Waals surface area contributed by atoms with Crippen LogP contribution in [-0.2, 0) is 21.5 Å². The molecule has 23 heavy (non-hydrogen) atoms. The van der Waals surface area contributed by atoms with Crippen LogP contribution in [0, 0.1) is 0 Å². The molecule has 2 aliphatic rings. The topological polar surface area (TPSA) is 53.7 Å². The van der Waals surface area contributed by atoms with E-state index in [-0.39, 0.29) is 11.7 Å². The normalized spacial score (nSPS) is 29.1. The molecule has 1 fully saturated rings. The number of methoxy groups -OCH3 is 2. The summed E-state index contributed by atoms with van der Waals surface area (Å²) in [5.41, 5.74) is 2.01. The Bertz CT molecular complexity index is 751. The van der Waals surface area contributed by atoms with Gasteiger partial charge in [-0.25, -0.2) is 4.98 Å². The van der Waals surface area contributed by atoms with Gasteiger partial charge in [-0.05, 0) is 45.6 Å². The Morgan fingerprint density at radius 3 is 2.83 bits per heavy atom. The molecule has 2 aromatic rings. The lowest BCUT2D eigenvalue weighted by molar-refractivity contribution is -0.230. The fourth-order valence-corrected chi connectivity index (χ4v) is 4.17. The van der Waals surface area contributed by atoms with Gasteiger partial charge in [-0.1, -0.05) is 0 Å². The molecule has 1 saturated heterocycles. The van der Waals surface area contributed by atoms with Gasteiger partial charge in [0, 0.05) is 12.7 Å². The Balaban J connectivity index is 1.93. The van der Waals surface area contributed by atoms with Crippen molar-refractivity contribution in [1.29, 1.82) is 0 Å². The predicted molar refractivity (Wildman–Crippen MR) is 85.8 cm³/mol. The summed E-state index contributed by atoms with van der Waals surface area (Å²) >= 11 is 0. The monoisotopic (exact) mass is 317 g/mol. The van der Waals surface area contributed by atoms with Crippen LogP contribution in [0.4, 0.5) is 0 Å². The van der Waals surface area contributed by atoms with Crippen LogP contribution in [0.25, 0.3) is 11.1 Å². The van der Waals surface area contributed by atoms with Crippen molar-refractivity contribution in [3.63, 3.8) is 0 Å². The van der Waals surface area contributed by atoms with Gasteiger partial charge in [-0.2, -0.15) is 0 Å². The molecule has 0 N–H and O–H groups in total. The number of hydrogen-bond donors (Lipinski definition) is 0. The lowest BCUT2D eigenvalue weighted by atomic mass is 9.73. The maximum absolute atomic E-state index is 6.36. The summed E-state index contributed by atoms with van der Waals surface area (Å²) in [5.74, 6) is 0.860. The highest BCUT2D eigenvalue weighted by atomic mass is 16.6. The predicted octanol–water partition coefficient (Wildman–Crippen LogP) is 3.58. The van der Waals surface area contributed by atoms with Gasteiger partial charge in [0.2, 0.25) is 5.71 Å². The number of nitrogens with zero attached hydrogens (tertiary/aromatic N) is 1. The van der Waals surface area contributed by atoms with Crippen LogP contribution in [0.15, 0.2) is 16.7 Å². The Labute approximate surface area is 135 Å². The third kappa shape index (κ3) is 2.03. The van der Waals surface area contributed by atoms with Gasteiger partial charge in [-0.3, -0.25) is 0 Å². The van der Waals surface area contributed by atoms with Crippen LogP contribution in [-0.4, -0.2) is 30.9 Å². The van der Waals surface area contributed by atoms with Crippen LogP contribution < -0.4 is 4.74 Å². The molecule has 1 aliphatic heterocycles. The zero-order valence-corrected chi connectivity index (χ0v) is 14.1. The first-order valence-electron chi connectivity index (χ1n) is 8.18. The Kier molecular flexibility index (Phi) is 3.22. The summed E-state index contributed by atoms with van der Waals surface area (Å²) in [7, 11) is 3.46. The van der Waals surface area contributed by atoms with Crippen LogP contribution in [0.1, 0.15) is 44.4 Å². The largest absolute Gasteiger partial charge is 0.496 e. The standard InChI is InChI=1S/C18H23NO4/c1-17(2)8-9-18(21-4)13(23-17)6-5-11-14(20-3)12-7-10-22-16(12)19-15(11)18/h7,10,13H,5-6,8-9H2,1-4H3. The van der Waals surface area contributed by atoms with E-state index in [4.69, 9.17) is 23.6 Å². The van der Waals surface area contributed by atoms with Crippen LogP contribution in [0.2, 0.25) is 0 Å². The zero-order valence-electron chi connectivity index (χ0n) is 14.1. The number of ether oxygens (including phenoxy) is 3. The van der Waals surface area contributed by atoms with Crippen molar-refractivity contribution < 1.29 is 18.6 Å². The molecule has 4 rings (SSSR count). The summed E-state index contributed by atoms with van der Waals surface area (Å²) in [5, 5.41) is 0.924. The minimum atomic E-state index is -0.517. The van der Waals surface area contributed by atoms with Gasteiger partial charge >= 0.3 is 0 Å². The minimum Gasteiger partial charge on any atom is -0.496 e. The molecule has 5 nitrogen and oxygen atoms in total. The fourth-order valence-electron chi connectivity index (χ4n) is 4.17. The number of furan rings is 1. The number of rotatable bonds is 2. The molecular weight excluding hydrogens is 294 g/mol. The summed E-state index contributed by atoms with van der Waals surface area (Å²) in [4.78, 5) is 4.81. The van der Waals surface area contributed by atoms with Crippen molar-refractivity contribution in [2.75, 3.05) is 14.2 Å². The maximum Gasteiger partial charge on any atom is 0.229 e. The second-order valence-electron chi connectivity index (χ2n) is 7.11. The molecule has 2 atom stereocenters. The first kappa shape index (κ1) is 15.0. The smallest absolute Gasteiger partial charge is 0.229 e. The molecular formula is C18H23NO4. The van der Waals surface area contributed by atoms with Crippen molar-refractivity contribution >= 4 is 11.1 Å². The summed E-state index contributed by atoms with van der Waals surface area (Å²) in [6, 6.07) is 1.91. The molecule has 0 saturated carbocycles. The first-order chi connectivity index (χ1) is 11.0. The SMILES string of the molecule is COc1c2c(nc3occc13)C1(OC)CCC(C)(C)OC1CC2. The number of aromatic nitrogens is 1. The molecule has 5 heteroatoms. The second-order valence-corrected chi connectivity index (χ2v) is 7.11. The van der Waals surface area contributed by atoms with Gasteiger partial charge < -0.3 is 18.6 Å². The molecule has 0 bridgehead atoms. The molecule has 0 amide bonds. The van der Waals surface area contributed by atoms with E-state index < -0.39 is 5.60 Å². The van der Waals surface area contributed by atoms with Crippen molar-refractivity contribution in [3.8, 4) is 5.75 Å². The fraction of sp³-hybridized carbons (Fsp3) is 0.611. The lowest BCUT2D eigenvalue weighted by Crippen LogP contribution is -2.55. The number of fused-ring (bicyclic) bond motifs is 4. The van der Waals surface area contributed by atoms with Crippen molar-refractivity contribution in [2.45, 2.75) is 56.8 Å². The van der Waals surface area contributed by atoms with Crippen molar-refractivity contribution in [3.05, 3.63) is 23.6 Å². The van der Waals surface area contributed by atoms with Crippen LogP contribution >= 0.6 is 0 Å². The molecule has 2 unspecified atom stereocenters. The highest BCUT2D eigenvalue weighted by Crippen LogP contribution is 2.51. The van der Waals surface area contributed by atoms with E-state index in [0.29, 0.717) is 5.71 Å². The molecule has 0 spiro atoms. The van der Waals surface area contributed by atoms with Gasteiger partial charge in [0.05, 0.1) is 36.2 Å². The average Bonchev–Trinajstić information content (AvgIpc) is 3.00. The molecule has 0 aromatic carbocycles. The Morgan fingerprint density at radius 2 is 2.09 bits per heavy atom. The van der Waals surface area contributed by atoms with Gasteiger partial charge in [0.25, 0.3) is 0 Å². The molecule has 0 radical (unpaired) electrons. The molecule has 2 aromatic heterocycles. The third-order valence-electron chi connectivity index (χ3n) is 5.37. The van der Waals surface area contributed by atoms with Crippen LogP contribution in [0.3, 0.4) is 0 Å². The quantitative estimate of drug-likeness (QED) is 0.847. The van der Waals surface area contributed by atoms with E-state index in [1.165, 1.54) is 0 Å². The maximum atomic E-state index is 6.36. The van der Waals surface area contributed by atoms with Crippen molar-refractivity contribution in [2.24, 2.45) is 0 Å². The second kappa shape index (κ2) is 4.95. The number of pyridine rings is 1. The van der Waals surface area contributed by atoms with Crippen molar-refractivity contribution in [1.82, 2.24) is 4.98 Å². The van der Waals surface area contributed by atoms with E-state index in [0.717, 1.165) is 48.1 Å². The van der Waals surface area contributed by atoms with Gasteiger partial charge in [0.1, 0.15) is 11.4 Å². The van der Waals surface area contributed by atoms with E-state index in [1.807, 2.05) is 6.07 Å². The van der Waals surface area contributed by atoms with Crippen LogP contribution in [0.5, 0.6) is 5.75 Å². The summed E-state index contributed by atoms with van der Waals surface area (Å²) < 4.78 is 23.6. The molecule has 3 heterocycles. The highest BCUT2D eigenvalue weighted by Gasteiger charge is 2.53. The van der Waals surface area contributed by atoms with E-state index >= 15 is 0 Å². The summed E-state index contributed by atoms with van der Waals surface area (Å²) in [6.07, 6.45) is 5.26. The number of hydrogen-bond acceptors (Lipinski definition) is 5. The Hall–Kier alpha value is -1.59. The minimum absolute atomic E-state index is 0.00775. The highest BCUT2D eigenvalue weighted by molar-refractivity contribution is 5.83. The molecule has 1 aliphatic carbocycles.